The second kappa shape index (κ2) is 7.14. The summed E-state index contributed by atoms with van der Waals surface area (Å²) in [5.41, 5.74) is 2.07. The summed E-state index contributed by atoms with van der Waals surface area (Å²) in [5, 5.41) is 0. The van der Waals surface area contributed by atoms with Crippen LogP contribution in [0, 0.1) is 0 Å². The number of hydrogen-bond acceptors (Lipinski definition) is 6. The van der Waals surface area contributed by atoms with Crippen LogP contribution < -0.4 is 0 Å². The predicted octanol–water partition coefficient (Wildman–Crippen LogP) is 1.68. The fourth-order valence-electron chi connectivity index (χ4n) is 1.93. The van der Waals surface area contributed by atoms with E-state index in [4.69, 9.17) is 22.8 Å². The van der Waals surface area contributed by atoms with Gasteiger partial charge < -0.3 is 22.8 Å². The molecule has 1 unspecified atom stereocenters. The van der Waals surface area contributed by atoms with Gasteiger partial charge in [0.15, 0.2) is 0 Å². The van der Waals surface area contributed by atoms with Crippen molar-refractivity contribution in [2.75, 3.05) is 27.9 Å². The van der Waals surface area contributed by atoms with Gasteiger partial charge in [0.2, 0.25) is 0 Å². The largest absolute Gasteiger partial charge is 0.511 e. The maximum atomic E-state index is 11.8. The number of epoxide rings is 1. The van der Waals surface area contributed by atoms with Gasteiger partial charge in [-0.15, -0.1) is 0 Å². The average molecular weight is 312 g/mol. The highest BCUT2D eigenvalue weighted by molar-refractivity contribution is 6.63. The van der Waals surface area contributed by atoms with E-state index in [1.807, 2.05) is 24.3 Å². The summed E-state index contributed by atoms with van der Waals surface area (Å²) in [6.45, 7) is 0.998. The van der Waals surface area contributed by atoms with E-state index in [1.54, 1.807) is 0 Å². The van der Waals surface area contributed by atoms with E-state index in [0.29, 0.717) is 0 Å². The first-order valence-corrected chi connectivity index (χ1v) is 8.57. The zero-order chi connectivity index (χ0) is 15.3. The van der Waals surface area contributed by atoms with Gasteiger partial charge in [-0.1, -0.05) is 24.3 Å². The van der Waals surface area contributed by atoms with Crippen LogP contribution in [0.15, 0.2) is 24.3 Å². The summed E-state index contributed by atoms with van der Waals surface area (Å²) < 4.78 is 26.0. The summed E-state index contributed by atoms with van der Waals surface area (Å²) in [5.74, 6) is -0.401. The molecule has 21 heavy (non-hydrogen) atoms. The van der Waals surface area contributed by atoms with E-state index in [-0.39, 0.29) is 18.8 Å². The van der Waals surface area contributed by atoms with Crippen molar-refractivity contribution in [3.05, 3.63) is 35.4 Å². The lowest BCUT2D eigenvalue weighted by Gasteiger charge is -2.23. The van der Waals surface area contributed by atoms with Crippen molar-refractivity contribution in [1.82, 2.24) is 0 Å². The molecule has 6 nitrogen and oxygen atoms in total. The van der Waals surface area contributed by atoms with Gasteiger partial charge in [-0.3, -0.25) is 4.79 Å². The summed E-state index contributed by atoms with van der Waals surface area (Å²) >= 11 is 0. The third-order valence-electron chi connectivity index (χ3n) is 3.38. The van der Waals surface area contributed by atoms with Gasteiger partial charge in [0.1, 0.15) is 18.8 Å². The minimum absolute atomic E-state index is 0.00943. The van der Waals surface area contributed by atoms with Crippen molar-refractivity contribution in [3.63, 3.8) is 0 Å². The molecule has 1 fully saturated rings. The quantitative estimate of drug-likeness (QED) is 0.413. The lowest BCUT2D eigenvalue weighted by Crippen LogP contribution is -2.44. The molecule has 116 valence electrons. The number of carbonyl (C=O) groups is 1. The molecule has 0 aromatic heterocycles. The third-order valence-corrected chi connectivity index (χ3v) is 5.97. The first-order chi connectivity index (χ1) is 10.1. The number of rotatable bonds is 8. The molecule has 7 heteroatoms. The number of hydrogen-bond donors (Lipinski definition) is 0. The Morgan fingerprint density at radius 1 is 1.19 bits per heavy atom. The Balaban J connectivity index is 1.82. The van der Waals surface area contributed by atoms with Gasteiger partial charge in [-0.05, 0) is 11.1 Å². The van der Waals surface area contributed by atoms with Crippen LogP contribution in [0.4, 0.5) is 0 Å². The van der Waals surface area contributed by atoms with Crippen molar-refractivity contribution in [3.8, 4) is 0 Å². The molecule has 0 radical (unpaired) electrons. The van der Waals surface area contributed by atoms with Gasteiger partial charge in [0, 0.05) is 21.3 Å². The van der Waals surface area contributed by atoms with Crippen molar-refractivity contribution in [2.45, 2.75) is 18.8 Å². The van der Waals surface area contributed by atoms with Crippen molar-refractivity contribution in [2.24, 2.45) is 0 Å². The summed E-state index contributed by atoms with van der Waals surface area (Å²) in [6.07, 6.45) is 0.235. The Kier molecular flexibility index (Phi) is 5.49. The van der Waals surface area contributed by atoms with E-state index in [9.17, 15) is 4.79 Å². The second-order valence-corrected chi connectivity index (χ2v) is 7.64. The number of ether oxygens (including phenoxy) is 2. The Bertz CT molecular complexity index is 459. The Hall–Kier alpha value is -1.25. The Labute approximate surface area is 125 Å². The molecule has 0 spiro atoms. The van der Waals surface area contributed by atoms with E-state index < -0.39 is 14.8 Å². The highest BCUT2D eigenvalue weighted by atomic mass is 28.4. The molecule has 1 atom stereocenters. The van der Waals surface area contributed by atoms with Crippen LogP contribution in [-0.4, -0.2) is 42.7 Å². The van der Waals surface area contributed by atoms with Crippen LogP contribution in [0.2, 0.25) is 6.04 Å². The van der Waals surface area contributed by atoms with E-state index in [0.717, 1.165) is 17.7 Å². The van der Waals surface area contributed by atoms with Crippen molar-refractivity contribution >= 4 is 14.8 Å². The zero-order valence-electron chi connectivity index (χ0n) is 12.5. The van der Waals surface area contributed by atoms with Gasteiger partial charge in [-0.25, -0.2) is 0 Å². The predicted molar refractivity (Wildman–Crippen MR) is 76.5 cm³/mol. The third kappa shape index (κ3) is 4.35. The van der Waals surface area contributed by atoms with E-state index in [1.165, 1.54) is 21.3 Å². The van der Waals surface area contributed by atoms with Crippen LogP contribution in [0.1, 0.15) is 17.2 Å². The molecule has 1 aromatic rings. The smallest absolute Gasteiger partial charge is 0.461 e. The van der Waals surface area contributed by atoms with Gasteiger partial charge >= 0.3 is 14.8 Å². The van der Waals surface area contributed by atoms with Crippen LogP contribution in [0.3, 0.4) is 0 Å². The molecule has 2 rings (SSSR count). The molecule has 0 saturated carbocycles. The van der Waals surface area contributed by atoms with Crippen LogP contribution >= 0.6 is 0 Å². The highest BCUT2D eigenvalue weighted by Crippen LogP contribution is 2.29. The number of carbonyl (C=O) groups excluding carboxylic acids is 1. The molecule has 1 aliphatic heterocycles. The van der Waals surface area contributed by atoms with E-state index in [2.05, 4.69) is 0 Å². The number of esters is 1. The Morgan fingerprint density at radius 2 is 1.76 bits per heavy atom. The first-order valence-electron chi connectivity index (χ1n) is 6.64. The lowest BCUT2D eigenvalue weighted by molar-refractivity contribution is -0.143. The Morgan fingerprint density at radius 3 is 2.24 bits per heavy atom. The highest BCUT2D eigenvalue weighted by Gasteiger charge is 2.41. The molecule has 0 aliphatic carbocycles. The molecule has 0 bridgehead atoms. The summed E-state index contributed by atoms with van der Waals surface area (Å²) in [7, 11) is 1.47. The van der Waals surface area contributed by atoms with Crippen LogP contribution in [-0.2, 0) is 34.2 Å². The summed E-state index contributed by atoms with van der Waals surface area (Å²) in [4.78, 5) is 11.8. The molecule has 1 aliphatic rings. The maximum absolute atomic E-state index is 11.8. The maximum Gasteiger partial charge on any atom is 0.511 e. The normalized spacial score (nSPS) is 17.6. The van der Waals surface area contributed by atoms with Crippen LogP contribution in [0.25, 0.3) is 0 Å². The fourth-order valence-corrected chi connectivity index (χ4v) is 3.32. The van der Waals surface area contributed by atoms with Crippen LogP contribution in [0.5, 0.6) is 0 Å². The van der Waals surface area contributed by atoms with E-state index >= 15 is 0 Å². The van der Waals surface area contributed by atoms with Crippen molar-refractivity contribution in [1.29, 1.82) is 0 Å². The molecule has 1 aromatic carbocycles. The standard InChI is InChI=1S/C14H20O6Si/c1-16-21(17-2,18-3)10-14(15)20-8-11-4-6-12(7-5-11)13-9-19-13/h4-7,13H,8-10H2,1-3H3. The zero-order valence-corrected chi connectivity index (χ0v) is 13.5. The van der Waals surface area contributed by atoms with Crippen molar-refractivity contribution < 1.29 is 27.5 Å². The lowest BCUT2D eigenvalue weighted by atomic mass is 10.1. The molecular formula is C14H20O6Si. The number of benzene rings is 1. The summed E-state index contributed by atoms with van der Waals surface area (Å²) in [6, 6.07) is 7.82. The SMILES string of the molecule is CO[Si](CC(=O)OCc1ccc(C2CO2)cc1)(OC)OC. The van der Waals surface area contributed by atoms with Gasteiger partial charge in [0.05, 0.1) is 6.61 Å². The van der Waals surface area contributed by atoms with Gasteiger partial charge in [0.25, 0.3) is 0 Å². The first kappa shape index (κ1) is 16.1. The average Bonchev–Trinajstić information content (AvgIpc) is 3.36. The minimum atomic E-state index is -2.93. The molecular weight excluding hydrogens is 292 g/mol. The topological polar surface area (TPSA) is 66.5 Å². The minimum Gasteiger partial charge on any atom is -0.461 e. The fraction of sp³-hybridized carbons (Fsp3) is 0.500. The monoisotopic (exact) mass is 312 g/mol. The molecule has 0 amide bonds. The molecule has 0 N–H and O–H groups in total. The van der Waals surface area contributed by atoms with Gasteiger partial charge in [-0.2, -0.15) is 0 Å². The molecule has 1 saturated heterocycles. The second-order valence-electron chi connectivity index (χ2n) is 4.70. The molecule has 1 heterocycles.